The van der Waals surface area contributed by atoms with Crippen LogP contribution < -0.4 is 5.56 Å². The Morgan fingerprint density at radius 3 is 2.68 bits per heavy atom. The number of hydrogen-bond donors (Lipinski definition) is 2. The molecule has 4 aromatic rings. The van der Waals surface area contributed by atoms with E-state index in [0.29, 0.717) is 4.70 Å². The number of phenols is 1. The van der Waals surface area contributed by atoms with E-state index in [4.69, 9.17) is 0 Å². The number of nitrogens with one attached hydrogen (secondary N) is 1. The Bertz CT molecular complexity index is 1210. The van der Waals surface area contributed by atoms with Gasteiger partial charge in [-0.3, -0.25) is 0 Å². The van der Waals surface area contributed by atoms with Crippen LogP contribution in [0.2, 0.25) is 9.91 Å². The third kappa shape index (κ3) is 3.40. The summed E-state index contributed by atoms with van der Waals surface area (Å²) in [7, 11) is 0. The Morgan fingerprint density at radius 2 is 1.96 bits per heavy atom. The van der Waals surface area contributed by atoms with Crippen molar-refractivity contribution in [3.8, 4) is 16.9 Å². The molecule has 0 amide bonds. The van der Waals surface area contributed by atoms with Crippen molar-refractivity contribution >= 4 is 48.1 Å². The fourth-order valence-corrected chi connectivity index (χ4v) is 7.01. The predicted octanol–water partition coefficient (Wildman–Crippen LogP) is 5.65. The van der Waals surface area contributed by atoms with Crippen LogP contribution in [0.5, 0.6) is 5.75 Å². The molecule has 2 aromatic heterocycles. The number of aromatic amines is 1. The molecule has 0 bridgehead atoms. The Morgan fingerprint density at radius 1 is 1.21 bits per heavy atom. The second-order valence-electron chi connectivity index (χ2n) is 7.31. The minimum absolute atomic E-state index is 0.0683. The van der Waals surface area contributed by atoms with Gasteiger partial charge in [-0.15, -0.1) is 0 Å². The summed E-state index contributed by atoms with van der Waals surface area (Å²) in [4.78, 5) is 15.5. The molecule has 0 saturated carbocycles. The van der Waals surface area contributed by atoms with Crippen LogP contribution >= 0.6 is 11.3 Å². The zero-order valence-electron chi connectivity index (χ0n) is 16.3. The Kier molecular flexibility index (Phi) is 5.35. The first-order valence-electron chi connectivity index (χ1n) is 9.58. The molecule has 0 fully saturated rings. The number of aryl methyl sites for hydroxylation is 1. The molecule has 2 unspecified atom stereocenters. The number of phenolic OH excluding ortho intramolecular Hbond substituents is 1. The van der Waals surface area contributed by atoms with E-state index in [0.717, 1.165) is 44.1 Å². The molecule has 0 aliphatic rings. The van der Waals surface area contributed by atoms with Gasteiger partial charge in [0.2, 0.25) is 0 Å². The van der Waals surface area contributed by atoms with Crippen LogP contribution in [0.15, 0.2) is 46.6 Å². The van der Waals surface area contributed by atoms with Crippen LogP contribution in [-0.4, -0.2) is 25.8 Å². The molecule has 4 rings (SSSR count). The van der Waals surface area contributed by atoms with Crippen LogP contribution in [-0.2, 0) is 6.42 Å². The Labute approximate surface area is 175 Å². The summed E-state index contributed by atoms with van der Waals surface area (Å²) >= 11 is 1.57. The van der Waals surface area contributed by atoms with Gasteiger partial charge in [-0.25, -0.2) is 0 Å². The van der Waals surface area contributed by atoms with E-state index >= 15 is 0 Å². The number of aromatic nitrogens is 1. The maximum absolute atomic E-state index is 12.4. The molecule has 0 radical (unpaired) electrons. The number of thiophene rings is 1. The van der Waals surface area contributed by atoms with Crippen molar-refractivity contribution in [2.45, 2.75) is 37.1 Å². The molecule has 0 aliphatic heterocycles. The minimum atomic E-state index is -0.0683. The molecule has 2 N–H and O–H groups in total. The SMILES string of the molecule is CC[AsH]C(C)Cc1ccc(-c2c(O)cc(C)c3[nH]c(=O)c4sccc4c23)cc1. The van der Waals surface area contributed by atoms with Crippen LogP contribution in [0.1, 0.15) is 25.0 Å². The van der Waals surface area contributed by atoms with Gasteiger partial charge in [-0.05, 0) is 0 Å². The second-order valence-corrected chi connectivity index (χ2v) is 12.6. The summed E-state index contributed by atoms with van der Waals surface area (Å²) in [6.45, 7) is 6.54. The van der Waals surface area contributed by atoms with E-state index in [1.54, 1.807) is 6.07 Å². The zero-order chi connectivity index (χ0) is 19.8. The number of pyridine rings is 1. The van der Waals surface area contributed by atoms with Crippen LogP contribution in [0.3, 0.4) is 0 Å². The molecule has 0 aliphatic carbocycles. The molecule has 5 heteroatoms. The predicted molar refractivity (Wildman–Crippen MR) is 123 cm³/mol. The molecule has 2 heterocycles. The number of aromatic hydroxyl groups is 1. The third-order valence-corrected chi connectivity index (χ3v) is 8.88. The number of fused-ring (bicyclic) bond motifs is 3. The number of rotatable bonds is 5. The average molecular weight is 453 g/mol. The molecule has 0 spiro atoms. The van der Waals surface area contributed by atoms with Crippen LogP contribution in [0.25, 0.3) is 32.1 Å². The first-order chi connectivity index (χ1) is 13.5. The van der Waals surface area contributed by atoms with E-state index in [9.17, 15) is 9.90 Å². The number of benzene rings is 2. The van der Waals surface area contributed by atoms with Crippen molar-refractivity contribution in [2.24, 2.45) is 0 Å². The zero-order valence-corrected chi connectivity index (χ0v) is 19.2. The van der Waals surface area contributed by atoms with Crippen molar-refractivity contribution in [2.75, 3.05) is 0 Å². The average Bonchev–Trinajstić information content (AvgIpc) is 3.15. The van der Waals surface area contributed by atoms with Gasteiger partial charge < -0.3 is 0 Å². The van der Waals surface area contributed by atoms with Gasteiger partial charge in [-0.1, -0.05) is 0 Å². The summed E-state index contributed by atoms with van der Waals surface area (Å²) in [5, 5.41) is 15.9. The summed E-state index contributed by atoms with van der Waals surface area (Å²) in [5.74, 6) is 0.253. The molecule has 144 valence electrons. The van der Waals surface area contributed by atoms with Crippen molar-refractivity contribution in [1.29, 1.82) is 0 Å². The summed E-state index contributed by atoms with van der Waals surface area (Å²) < 4.78 is 1.49. The van der Waals surface area contributed by atoms with Crippen molar-refractivity contribution in [1.82, 2.24) is 4.98 Å². The van der Waals surface area contributed by atoms with Crippen molar-refractivity contribution in [3.63, 3.8) is 0 Å². The quantitative estimate of drug-likeness (QED) is 0.384. The number of hydrogen-bond acceptors (Lipinski definition) is 3. The molecular formula is C23H24AsNO2S. The monoisotopic (exact) mass is 453 g/mol. The summed E-state index contributed by atoms with van der Waals surface area (Å²) in [6, 6.07) is 12.3. The van der Waals surface area contributed by atoms with Gasteiger partial charge in [0, 0.05) is 0 Å². The molecule has 2 aromatic carbocycles. The summed E-state index contributed by atoms with van der Waals surface area (Å²) in [5.41, 5.74) is 4.72. The topological polar surface area (TPSA) is 53.1 Å². The van der Waals surface area contributed by atoms with Gasteiger partial charge in [0.05, 0.1) is 0 Å². The van der Waals surface area contributed by atoms with Gasteiger partial charge in [0.1, 0.15) is 0 Å². The van der Waals surface area contributed by atoms with Gasteiger partial charge >= 0.3 is 175 Å². The molecule has 2 atom stereocenters. The molecule has 3 nitrogen and oxygen atoms in total. The first-order valence-corrected chi connectivity index (χ1v) is 13.2. The Hall–Kier alpha value is -2.03. The fraction of sp³-hybridized carbons (Fsp3) is 0.261. The van der Waals surface area contributed by atoms with E-state index in [1.165, 1.54) is 22.1 Å². The fourth-order valence-electron chi connectivity index (χ4n) is 3.96. The van der Waals surface area contributed by atoms with Crippen molar-refractivity contribution in [3.05, 3.63) is 63.3 Å². The van der Waals surface area contributed by atoms with Crippen LogP contribution in [0, 0.1) is 6.92 Å². The summed E-state index contributed by atoms with van der Waals surface area (Å²) in [6.07, 6.45) is 1.12. The van der Waals surface area contributed by atoms with Gasteiger partial charge in [0.15, 0.2) is 0 Å². The third-order valence-electron chi connectivity index (χ3n) is 5.22. The normalized spacial score (nSPS) is 13.1. The second kappa shape index (κ2) is 7.77. The molecule has 0 saturated heterocycles. The van der Waals surface area contributed by atoms with E-state index in [-0.39, 0.29) is 27.1 Å². The van der Waals surface area contributed by atoms with E-state index in [1.807, 2.05) is 18.4 Å². The van der Waals surface area contributed by atoms with Crippen molar-refractivity contribution < 1.29 is 5.11 Å². The van der Waals surface area contributed by atoms with Gasteiger partial charge in [-0.2, -0.15) is 0 Å². The maximum atomic E-state index is 12.4. The molecular weight excluding hydrogens is 429 g/mol. The standard InChI is InChI=1S/C23H24AsNO2S/c1-4-24-14(3)12-15-5-7-16(8-6-15)19-18(26)11-13(2)21-20(19)17-9-10-28-22(17)23(27)25-21/h5-11,14,24,26H,4,12H2,1-3H3,(H,25,27). The van der Waals surface area contributed by atoms with Gasteiger partial charge in [0.25, 0.3) is 0 Å². The molecule has 28 heavy (non-hydrogen) atoms. The van der Waals surface area contributed by atoms with E-state index in [2.05, 4.69) is 43.1 Å². The first kappa shape index (κ1) is 19.3. The van der Waals surface area contributed by atoms with E-state index < -0.39 is 0 Å². The van der Waals surface area contributed by atoms with Crippen LogP contribution in [0.4, 0.5) is 0 Å². The Balaban J connectivity index is 1.89. The number of H-pyrrole nitrogens is 1.